The Labute approximate surface area is 121 Å². The van der Waals surface area contributed by atoms with Crippen molar-refractivity contribution in [1.82, 2.24) is 0 Å². The van der Waals surface area contributed by atoms with Crippen LogP contribution in [0.1, 0.15) is 26.2 Å². The number of nitro benzene ring substituents is 1. The number of nitrogens with zero attached hydrogens (tertiary/aromatic N) is 1. The number of aliphatic hydroxyl groups is 1. The summed E-state index contributed by atoms with van der Waals surface area (Å²) in [6, 6.07) is 2.03. The number of nitrogens with one attached hydrogen (secondary N) is 1. The van der Waals surface area contributed by atoms with Gasteiger partial charge in [-0.25, -0.2) is 4.39 Å². The molecule has 1 unspecified atom stereocenters. The quantitative estimate of drug-likeness (QED) is 0.568. The molecule has 0 aliphatic carbocycles. The molecule has 2 N–H and O–H groups in total. The number of hydrogen-bond acceptors (Lipinski definition) is 4. The van der Waals surface area contributed by atoms with Crippen LogP contribution in [0.5, 0.6) is 0 Å². The number of anilines is 1. The summed E-state index contributed by atoms with van der Waals surface area (Å²) in [6.45, 7) is 2.57. The topological polar surface area (TPSA) is 75.4 Å². The average Bonchev–Trinajstić information content (AvgIpc) is 2.39. The van der Waals surface area contributed by atoms with E-state index in [1.165, 1.54) is 6.07 Å². The normalized spacial score (nSPS) is 12.2. The molecular weight excluding hydrogens is 287 g/mol. The highest BCUT2D eigenvalue weighted by atomic mass is 35.5. The first kappa shape index (κ1) is 16.7. The molecule has 5 nitrogen and oxygen atoms in total. The van der Waals surface area contributed by atoms with Gasteiger partial charge in [-0.05, 0) is 24.8 Å². The van der Waals surface area contributed by atoms with Crippen molar-refractivity contribution in [2.45, 2.75) is 26.2 Å². The number of hydrogen-bond donors (Lipinski definition) is 2. The minimum absolute atomic E-state index is 0.0681. The van der Waals surface area contributed by atoms with E-state index in [2.05, 4.69) is 5.32 Å². The zero-order chi connectivity index (χ0) is 15.1. The van der Waals surface area contributed by atoms with E-state index in [1.807, 2.05) is 6.92 Å². The number of nitro groups is 1. The standard InChI is InChI=1S/C13H18ClFN2O3/c1-2-3-9(4-5-18)8-16-12-6-10(14)11(15)7-13(12)17(19)20/h6-7,9,16,18H,2-5,8H2,1H3. The second kappa shape index (κ2) is 8.01. The van der Waals surface area contributed by atoms with Crippen LogP contribution in [0.4, 0.5) is 15.8 Å². The molecule has 0 amide bonds. The van der Waals surface area contributed by atoms with Gasteiger partial charge in [-0.2, -0.15) is 0 Å². The molecule has 7 heteroatoms. The van der Waals surface area contributed by atoms with Crippen molar-refractivity contribution in [2.24, 2.45) is 5.92 Å². The van der Waals surface area contributed by atoms with Gasteiger partial charge in [0.05, 0.1) is 16.0 Å². The van der Waals surface area contributed by atoms with E-state index in [1.54, 1.807) is 0 Å². The Morgan fingerprint density at radius 3 is 2.75 bits per heavy atom. The van der Waals surface area contributed by atoms with Crippen LogP contribution in [0, 0.1) is 21.8 Å². The minimum atomic E-state index is -0.815. The fourth-order valence-corrected chi connectivity index (χ4v) is 2.19. The summed E-state index contributed by atoms with van der Waals surface area (Å²) >= 11 is 5.65. The van der Waals surface area contributed by atoms with Gasteiger partial charge in [-0.15, -0.1) is 0 Å². The van der Waals surface area contributed by atoms with Crippen LogP contribution < -0.4 is 5.32 Å². The summed E-state index contributed by atoms with van der Waals surface area (Å²) in [4.78, 5) is 10.2. The van der Waals surface area contributed by atoms with Gasteiger partial charge in [0.15, 0.2) is 0 Å². The number of rotatable bonds is 8. The minimum Gasteiger partial charge on any atom is -0.396 e. The summed E-state index contributed by atoms with van der Waals surface area (Å²) in [5, 5.41) is 22.6. The van der Waals surface area contributed by atoms with Gasteiger partial charge in [0.25, 0.3) is 5.69 Å². The molecule has 0 spiro atoms. The van der Waals surface area contributed by atoms with Crippen LogP contribution >= 0.6 is 11.6 Å². The SMILES string of the molecule is CCCC(CCO)CNc1cc(Cl)c(F)cc1[N+](=O)[O-]. The molecule has 1 rings (SSSR count). The third-order valence-corrected chi connectivity index (χ3v) is 3.34. The predicted octanol–water partition coefficient (Wildman–Crippen LogP) is 3.60. The van der Waals surface area contributed by atoms with Crippen molar-refractivity contribution in [3.8, 4) is 0 Å². The van der Waals surface area contributed by atoms with Crippen LogP contribution in [0.25, 0.3) is 0 Å². The van der Waals surface area contributed by atoms with Crippen molar-refractivity contribution in [1.29, 1.82) is 0 Å². The third-order valence-electron chi connectivity index (χ3n) is 3.05. The van der Waals surface area contributed by atoms with Gasteiger partial charge in [0.2, 0.25) is 0 Å². The molecule has 0 aliphatic heterocycles. The molecule has 0 aliphatic rings. The largest absolute Gasteiger partial charge is 0.396 e. The lowest BCUT2D eigenvalue weighted by molar-refractivity contribution is -0.384. The maximum atomic E-state index is 13.3. The van der Waals surface area contributed by atoms with E-state index in [0.717, 1.165) is 18.9 Å². The van der Waals surface area contributed by atoms with E-state index < -0.39 is 10.7 Å². The Morgan fingerprint density at radius 1 is 1.50 bits per heavy atom. The van der Waals surface area contributed by atoms with Crippen LogP contribution in [0.2, 0.25) is 5.02 Å². The Morgan fingerprint density at radius 2 is 2.20 bits per heavy atom. The molecular formula is C13H18ClFN2O3. The molecule has 0 fully saturated rings. The van der Waals surface area contributed by atoms with Crippen molar-refractivity contribution in [3.63, 3.8) is 0 Å². The molecule has 0 bridgehead atoms. The van der Waals surface area contributed by atoms with Gasteiger partial charge in [-0.3, -0.25) is 10.1 Å². The van der Waals surface area contributed by atoms with Gasteiger partial charge in [0.1, 0.15) is 11.5 Å². The molecule has 0 saturated carbocycles. The van der Waals surface area contributed by atoms with E-state index >= 15 is 0 Å². The fraction of sp³-hybridized carbons (Fsp3) is 0.538. The molecule has 112 valence electrons. The first-order valence-corrected chi connectivity index (χ1v) is 6.85. The van der Waals surface area contributed by atoms with Gasteiger partial charge in [0, 0.05) is 13.2 Å². The Kier molecular flexibility index (Phi) is 6.67. The van der Waals surface area contributed by atoms with Crippen molar-refractivity contribution < 1.29 is 14.4 Å². The van der Waals surface area contributed by atoms with Gasteiger partial charge < -0.3 is 10.4 Å². The van der Waals surface area contributed by atoms with Crippen molar-refractivity contribution in [2.75, 3.05) is 18.5 Å². The average molecular weight is 305 g/mol. The van der Waals surface area contributed by atoms with E-state index in [4.69, 9.17) is 16.7 Å². The lowest BCUT2D eigenvalue weighted by Gasteiger charge is -2.16. The van der Waals surface area contributed by atoms with Gasteiger partial charge in [-0.1, -0.05) is 24.9 Å². The predicted molar refractivity (Wildman–Crippen MR) is 76.7 cm³/mol. The third kappa shape index (κ3) is 4.61. The first-order chi connectivity index (χ1) is 9.49. The number of halogens is 2. The van der Waals surface area contributed by atoms with Crippen molar-refractivity contribution in [3.05, 3.63) is 33.1 Å². The van der Waals surface area contributed by atoms with Crippen LogP contribution in [-0.4, -0.2) is 23.2 Å². The molecule has 0 saturated heterocycles. The van der Waals surface area contributed by atoms with E-state index in [-0.39, 0.29) is 28.9 Å². The second-order valence-electron chi connectivity index (χ2n) is 4.59. The highest BCUT2D eigenvalue weighted by molar-refractivity contribution is 6.31. The molecule has 20 heavy (non-hydrogen) atoms. The fourth-order valence-electron chi connectivity index (χ4n) is 2.02. The van der Waals surface area contributed by atoms with Crippen LogP contribution in [0.15, 0.2) is 12.1 Å². The lowest BCUT2D eigenvalue weighted by Crippen LogP contribution is -2.16. The maximum absolute atomic E-state index is 13.3. The molecule has 1 aromatic carbocycles. The summed E-state index contributed by atoms with van der Waals surface area (Å²) < 4.78 is 13.3. The molecule has 0 radical (unpaired) electrons. The summed E-state index contributed by atoms with van der Waals surface area (Å²) in [7, 11) is 0. The first-order valence-electron chi connectivity index (χ1n) is 6.47. The lowest BCUT2D eigenvalue weighted by atomic mass is 10.00. The number of aliphatic hydroxyl groups excluding tert-OH is 1. The Bertz CT molecular complexity index is 465. The van der Waals surface area contributed by atoms with Gasteiger partial charge >= 0.3 is 0 Å². The molecule has 1 atom stereocenters. The zero-order valence-electron chi connectivity index (χ0n) is 11.2. The number of benzene rings is 1. The van der Waals surface area contributed by atoms with E-state index in [9.17, 15) is 14.5 Å². The van der Waals surface area contributed by atoms with Crippen molar-refractivity contribution >= 4 is 23.0 Å². The zero-order valence-corrected chi connectivity index (χ0v) is 12.0. The Balaban J connectivity index is 2.85. The Hall–Kier alpha value is -1.40. The summed E-state index contributed by atoms with van der Waals surface area (Å²) in [6.07, 6.45) is 2.47. The molecule has 1 aromatic rings. The summed E-state index contributed by atoms with van der Waals surface area (Å²) in [5.74, 6) is -0.613. The summed E-state index contributed by atoms with van der Waals surface area (Å²) in [5.41, 5.74) is -0.147. The highest BCUT2D eigenvalue weighted by Gasteiger charge is 2.18. The van der Waals surface area contributed by atoms with Crippen LogP contribution in [-0.2, 0) is 0 Å². The monoisotopic (exact) mass is 304 g/mol. The highest BCUT2D eigenvalue weighted by Crippen LogP contribution is 2.30. The molecule has 0 heterocycles. The molecule has 0 aromatic heterocycles. The van der Waals surface area contributed by atoms with E-state index in [0.29, 0.717) is 13.0 Å². The second-order valence-corrected chi connectivity index (χ2v) is 5.00. The smallest absolute Gasteiger partial charge is 0.295 e. The van der Waals surface area contributed by atoms with Crippen LogP contribution in [0.3, 0.4) is 0 Å². The maximum Gasteiger partial charge on any atom is 0.295 e.